The number of para-hydroxylation sites is 2. The largest absolute Gasteiger partial charge is 0.310 e. The van der Waals surface area contributed by atoms with Crippen molar-refractivity contribution in [3.05, 3.63) is 101 Å². The zero-order valence-corrected chi connectivity index (χ0v) is 19.7. The quantitative estimate of drug-likeness (QED) is 0.384. The van der Waals surface area contributed by atoms with Crippen LogP contribution in [-0.2, 0) is 23.0 Å². The maximum Gasteiger partial charge on any atom is 0.279 e. The van der Waals surface area contributed by atoms with Crippen LogP contribution in [-0.4, -0.2) is 25.4 Å². The number of hydrogen-bond donors (Lipinski definition) is 0. The Morgan fingerprint density at radius 3 is 2.62 bits per heavy atom. The number of fused-ring (bicyclic) bond motifs is 2. The molecule has 172 valence electrons. The number of carbonyl (C=O) groups is 1. The molecule has 0 bridgehead atoms. The number of thiazole rings is 1. The Hall–Kier alpha value is -3.56. The van der Waals surface area contributed by atoms with Crippen LogP contribution in [0.15, 0.2) is 89.3 Å². The summed E-state index contributed by atoms with van der Waals surface area (Å²) in [7, 11) is -3.75. The molecule has 2 heterocycles. The predicted molar refractivity (Wildman–Crippen MR) is 131 cm³/mol. The van der Waals surface area contributed by atoms with Gasteiger partial charge in [-0.25, -0.2) is 12.8 Å². The molecule has 34 heavy (non-hydrogen) atoms. The minimum atomic E-state index is -3.75. The molecule has 0 radical (unpaired) electrons. The van der Waals surface area contributed by atoms with Gasteiger partial charge in [-0.1, -0.05) is 41.7 Å². The molecule has 0 fully saturated rings. The van der Waals surface area contributed by atoms with Gasteiger partial charge in [-0.15, -0.1) is 6.58 Å². The molecule has 0 spiro atoms. The molecule has 0 saturated carbocycles. The molecule has 0 aliphatic carbocycles. The smallest absolute Gasteiger partial charge is 0.279 e. The number of amides is 1. The topological polar surface area (TPSA) is 71.7 Å². The number of hydrogen-bond acceptors (Lipinski definition) is 4. The van der Waals surface area contributed by atoms with Crippen LogP contribution in [0.5, 0.6) is 0 Å². The second-order valence-electron chi connectivity index (χ2n) is 7.77. The highest BCUT2D eigenvalue weighted by Gasteiger charge is 2.30. The molecule has 0 atom stereocenters. The number of halogens is 1. The average Bonchev–Trinajstić information content (AvgIpc) is 3.42. The Labute approximate surface area is 200 Å². The molecule has 1 aromatic heterocycles. The van der Waals surface area contributed by atoms with Gasteiger partial charge < -0.3 is 4.57 Å². The summed E-state index contributed by atoms with van der Waals surface area (Å²) >= 11 is 1.20. The van der Waals surface area contributed by atoms with Gasteiger partial charge in [-0.05, 0) is 54.4 Å². The van der Waals surface area contributed by atoms with Crippen LogP contribution in [0.2, 0.25) is 0 Å². The van der Waals surface area contributed by atoms with Gasteiger partial charge in [0.25, 0.3) is 15.9 Å². The van der Waals surface area contributed by atoms with Crippen molar-refractivity contribution in [2.75, 3.05) is 10.8 Å². The van der Waals surface area contributed by atoms with Gasteiger partial charge in [-0.3, -0.25) is 9.10 Å². The normalized spacial score (nSPS) is 13.9. The van der Waals surface area contributed by atoms with Gasteiger partial charge in [-0.2, -0.15) is 4.99 Å². The van der Waals surface area contributed by atoms with Gasteiger partial charge in [0.05, 0.1) is 20.8 Å². The number of aromatic nitrogens is 1. The minimum absolute atomic E-state index is 0.103. The van der Waals surface area contributed by atoms with Crippen molar-refractivity contribution in [3.8, 4) is 0 Å². The Morgan fingerprint density at radius 1 is 1.09 bits per heavy atom. The summed E-state index contributed by atoms with van der Waals surface area (Å²) in [5.74, 6) is -0.942. The molecule has 1 amide bonds. The summed E-state index contributed by atoms with van der Waals surface area (Å²) < 4.78 is 44.4. The Morgan fingerprint density at radius 2 is 1.85 bits per heavy atom. The lowest BCUT2D eigenvalue weighted by Crippen LogP contribution is -2.29. The second-order valence-corrected chi connectivity index (χ2v) is 10.6. The van der Waals surface area contributed by atoms with Crippen LogP contribution in [0.3, 0.4) is 0 Å². The number of anilines is 1. The van der Waals surface area contributed by atoms with Gasteiger partial charge >= 0.3 is 0 Å². The third kappa shape index (κ3) is 3.76. The van der Waals surface area contributed by atoms with Gasteiger partial charge in [0, 0.05) is 18.7 Å². The zero-order chi connectivity index (χ0) is 23.9. The number of nitrogens with zero attached hydrogens (tertiary/aromatic N) is 3. The van der Waals surface area contributed by atoms with E-state index in [0.29, 0.717) is 40.2 Å². The Bertz CT molecular complexity index is 1600. The van der Waals surface area contributed by atoms with Crippen LogP contribution >= 0.6 is 11.3 Å². The molecule has 5 rings (SSSR count). The van der Waals surface area contributed by atoms with E-state index in [9.17, 15) is 17.6 Å². The van der Waals surface area contributed by atoms with Gasteiger partial charge in [0.1, 0.15) is 5.82 Å². The summed E-state index contributed by atoms with van der Waals surface area (Å²) in [6.07, 6.45) is 2.27. The fourth-order valence-electron chi connectivity index (χ4n) is 4.08. The SMILES string of the molecule is C=CCn1c(=NC(=O)c2ccc(S(=O)(=O)N3CCc4ccccc43)cc2)sc2cccc(F)c21. The third-order valence-electron chi connectivity index (χ3n) is 5.69. The van der Waals surface area contributed by atoms with Crippen molar-refractivity contribution in [2.24, 2.45) is 4.99 Å². The number of rotatable bonds is 5. The van der Waals surface area contributed by atoms with Crippen LogP contribution in [0.1, 0.15) is 15.9 Å². The standard InChI is InChI=1S/C25H20FN3O3S2/c1-2-15-28-23-20(26)7-5-9-22(23)33-25(28)27-24(30)18-10-12-19(13-11-18)34(31,32)29-16-14-17-6-3-4-8-21(17)29/h2-13H,1,14-16H2. The minimum Gasteiger partial charge on any atom is -0.310 e. The first-order valence-electron chi connectivity index (χ1n) is 10.6. The molecule has 9 heteroatoms. The molecule has 3 aromatic carbocycles. The molecule has 4 aromatic rings. The van der Waals surface area contributed by atoms with E-state index in [0.717, 1.165) is 5.56 Å². The predicted octanol–water partition coefficient (Wildman–Crippen LogP) is 4.52. The molecule has 0 saturated heterocycles. The van der Waals surface area contributed by atoms with Crippen LogP contribution in [0.4, 0.5) is 10.1 Å². The lowest BCUT2D eigenvalue weighted by molar-refractivity contribution is 0.0997. The Kier molecular flexibility index (Phi) is 5.66. The molecule has 1 aliphatic rings. The second kappa shape index (κ2) is 8.66. The fourth-order valence-corrected chi connectivity index (χ4v) is 6.63. The van der Waals surface area contributed by atoms with Crippen molar-refractivity contribution in [1.29, 1.82) is 0 Å². The number of sulfonamides is 1. The highest BCUT2D eigenvalue weighted by Crippen LogP contribution is 2.32. The van der Waals surface area contributed by atoms with Crippen LogP contribution in [0.25, 0.3) is 10.2 Å². The van der Waals surface area contributed by atoms with Crippen molar-refractivity contribution >= 4 is 43.2 Å². The Balaban J connectivity index is 1.47. The van der Waals surface area contributed by atoms with E-state index >= 15 is 0 Å². The van der Waals surface area contributed by atoms with Crippen LogP contribution in [0, 0.1) is 5.82 Å². The summed E-state index contributed by atoms with van der Waals surface area (Å²) in [5, 5.41) is 0. The van der Waals surface area contributed by atoms with E-state index in [1.165, 1.54) is 46.0 Å². The summed E-state index contributed by atoms with van der Waals surface area (Å²) in [6.45, 7) is 4.38. The molecule has 6 nitrogen and oxygen atoms in total. The highest BCUT2D eigenvalue weighted by molar-refractivity contribution is 7.92. The van der Waals surface area contributed by atoms with E-state index in [1.807, 2.05) is 18.2 Å². The maximum absolute atomic E-state index is 14.4. The molecule has 1 aliphatic heterocycles. The first kappa shape index (κ1) is 22.2. The monoisotopic (exact) mass is 493 g/mol. The van der Waals surface area contributed by atoms with Crippen LogP contribution < -0.4 is 9.11 Å². The summed E-state index contributed by atoms with van der Waals surface area (Å²) in [4.78, 5) is 17.5. The van der Waals surface area contributed by atoms with E-state index in [4.69, 9.17) is 0 Å². The highest BCUT2D eigenvalue weighted by atomic mass is 32.2. The molecular formula is C25H20FN3O3S2. The van der Waals surface area contributed by atoms with Crippen molar-refractivity contribution in [3.63, 3.8) is 0 Å². The molecular weight excluding hydrogens is 473 g/mol. The first-order valence-corrected chi connectivity index (χ1v) is 12.8. The number of benzene rings is 3. The summed E-state index contributed by atoms with van der Waals surface area (Å²) in [5.41, 5.74) is 2.28. The number of allylic oxidation sites excluding steroid dienone is 1. The lowest BCUT2D eigenvalue weighted by Gasteiger charge is -2.19. The lowest BCUT2D eigenvalue weighted by atomic mass is 10.2. The van der Waals surface area contributed by atoms with E-state index in [-0.39, 0.29) is 10.5 Å². The molecule has 0 N–H and O–H groups in total. The van der Waals surface area contributed by atoms with Crippen molar-refractivity contribution in [1.82, 2.24) is 4.57 Å². The van der Waals surface area contributed by atoms with Gasteiger partial charge in [0.15, 0.2) is 4.80 Å². The molecule has 0 unspecified atom stereocenters. The van der Waals surface area contributed by atoms with Crippen molar-refractivity contribution < 1.29 is 17.6 Å². The van der Waals surface area contributed by atoms with E-state index in [2.05, 4.69) is 11.6 Å². The third-order valence-corrected chi connectivity index (χ3v) is 8.57. The van der Waals surface area contributed by atoms with E-state index in [1.54, 1.807) is 28.8 Å². The van der Waals surface area contributed by atoms with Crippen molar-refractivity contribution in [2.45, 2.75) is 17.9 Å². The number of carbonyl (C=O) groups excluding carboxylic acids is 1. The summed E-state index contributed by atoms with van der Waals surface area (Å²) in [6, 6.07) is 17.9. The van der Waals surface area contributed by atoms with E-state index < -0.39 is 21.7 Å². The maximum atomic E-state index is 14.4. The zero-order valence-electron chi connectivity index (χ0n) is 18.0. The first-order chi connectivity index (χ1) is 16.4. The van der Waals surface area contributed by atoms with Gasteiger partial charge in [0.2, 0.25) is 0 Å². The average molecular weight is 494 g/mol. The fraction of sp³-hybridized carbons (Fsp3) is 0.120.